The van der Waals surface area contributed by atoms with Crippen LogP contribution in [0.2, 0.25) is 0 Å². The topological polar surface area (TPSA) is 102 Å². The number of likely N-dealkylation sites (tertiary alicyclic amines) is 1. The van der Waals surface area contributed by atoms with Crippen molar-refractivity contribution in [2.75, 3.05) is 26.9 Å². The van der Waals surface area contributed by atoms with Crippen LogP contribution in [0.4, 0.5) is 5.69 Å². The Hall–Kier alpha value is -2.35. The summed E-state index contributed by atoms with van der Waals surface area (Å²) in [5.74, 6) is 0.0652. The third-order valence-corrected chi connectivity index (χ3v) is 4.31. The summed E-state index contributed by atoms with van der Waals surface area (Å²) in [6.07, 6.45) is 3.21. The summed E-state index contributed by atoms with van der Waals surface area (Å²) in [6, 6.07) is 2.29. The summed E-state index contributed by atoms with van der Waals surface area (Å²) in [6.45, 7) is 2.77. The number of benzene rings is 1. The van der Waals surface area contributed by atoms with Gasteiger partial charge in [-0.15, -0.1) is 0 Å². The van der Waals surface area contributed by atoms with Crippen LogP contribution >= 0.6 is 0 Å². The smallest absolute Gasteiger partial charge is 0.286 e. The van der Waals surface area contributed by atoms with E-state index in [4.69, 9.17) is 9.47 Å². The molecular formula is C17H24N2O6. The molecule has 1 fully saturated rings. The van der Waals surface area contributed by atoms with Gasteiger partial charge in [-0.25, -0.2) is 0 Å². The van der Waals surface area contributed by atoms with Crippen molar-refractivity contribution < 1.29 is 24.3 Å². The van der Waals surface area contributed by atoms with Gasteiger partial charge in [-0.2, -0.15) is 0 Å². The second kappa shape index (κ2) is 8.66. The number of ether oxygens (including phenoxy) is 2. The van der Waals surface area contributed by atoms with Gasteiger partial charge in [0.2, 0.25) is 0 Å². The van der Waals surface area contributed by atoms with E-state index in [1.54, 1.807) is 0 Å². The second-order valence-corrected chi connectivity index (χ2v) is 5.96. The zero-order chi connectivity index (χ0) is 18.4. The average Bonchev–Trinajstić information content (AvgIpc) is 3.09. The highest BCUT2D eigenvalue weighted by atomic mass is 16.6. The maximum absolute atomic E-state index is 12.8. The van der Waals surface area contributed by atoms with Gasteiger partial charge in [0.25, 0.3) is 11.6 Å². The molecule has 0 radical (unpaired) electrons. The van der Waals surface area contributed by atoms with Crippen molar-refractivity contribution in [3.63, 3.8) is 0 Å². The molecule has 1 heterocycles. The molecule has 1 aromatic rings. The zero-order valence-electron chi connectivity index (χ0n) is 14.6. The lowest BCUT2D eigenvalue weighted by atomic mass is 10.1. The summed E-state index contributed by atoms with van der Waals surface area (Å²) >= 11 is 0. The number of carbonyl (C=O) groups is 1. The minimum atomic E-state index is -0.602. The fourth-order valence-electron chi connectivity index (χ4n) is 2.92. The molecule has 0 aliphatic carbocycles. The van der Waals surface area contributed by atoms with E-state index in [0.717, 1.165) is 19.3 Å². The molecule has 1 aromatic carbocycles. The average molecular weight is 352 g/mol. The molecule has 0 aromatic heterocycles. The number of amides is 1. The first-order valence-corrected chi connectivity index (χ1v) is 8.44. The van der Waals surface area contributed by atoms with Gasteiger partial charge in [0.15, 0.2) is 11.5 Å². The molecule has 0 bridgehead atoms. The number of nitrogens with zero attached hydrogens (tertiary/aromatic N) is 2. The monoisotopic (exact) mass is 352 g/mol. The van der Waals surface area contributed by atoms with Crippen molar-refractivity contribution in [2.24, 2.45) is 0 Å². The van der Waals surface area contributed by atoms with Gasteiger partial charge in [0.1, 0.15) is 5.56 Å². The molecule has 1 N–H and O–H groups in total. The quantitative estimate of drug-likeness (QED) is 0.438. The Bertz CT molecular complexity index is 634. The number of nitro benzene ring substituents is 1. The molecule has 0 spiro atoms. The number of carbonyl (C=O) groups excluding carboxylic acids is 1. The van der Waals surface area contributed by atoms with Crippen LogP contribution < -0.4 is 9.47 Å². The molecule has 1 saturated heterocycles. The van der Waals surface area contributed by atoms with E-state index >= 15 is 0 Å². The highest BCUT2D eigenvalue weighted by Crippen LogP contribution is 2.36. The SMILES string of the molecule is CCCCOc1cc(C(=O)N2CCC[C@H]2CO)c([N+](=O)[O-])cc1OC. The molecular weight excluding hydrogens is 328 g/mol. The van der Waals surface area contributed by atoms with E-state index in [1.165, 1.54) is 24.1 Å². The molecule has 1 aliphatic rings. The number of unbranched alkanes of at least 4 members (excludes halogenated alkanes) is 1. The minimum absolute atomic E-state index is 0.0438. The molecule has 138 valence electrons. The molecule has 8 heteroatoms. The Balaban J connectivity index is 2.41. The van der Waals surface area contributed by atoms with E-state index in [2.05, 4.69) is 0 Å². The lowest BCUT2D eigenvalue weighted by Gasteiger charge is -2.23. The number of aliphatic hydroxyl groups is 1. The number of methoxy groups -OCH3 is 1. The summed E-state index contributed by atoms with van der Waals surface area (Å²) in [5, 5.41) is 20.8. The maximum atomic E-state index is 12.8. The number of nitro groups is 1. The number of hydrogen-bond acceptors (Lipinski definition) is 6. The summed E-state index contributed by atoms with van der Waals surface area (Å²) in [4.78, 5) is 25.1. The minimum Gasteiger partial charge on any atom is -0.493 e. The fourth-order valence-corrected chi connectivity index (χ4v) is 2.92. The van der Waals surface area contributed by atoms with Crippen molar-refractivity contribution in [1.29, 1.82) is 0 Å². The van der Waals surface area contributed by atoms with E-state index in [1.807, 2.05) is 6.92 Å². The molecule has 25 heavy (non-hydrogen) atoms. The Kier molecular flexibility index (Phi) is 6.58. The van der Waals surface area contributed by atoms with Crippen LogP contribution in [-0.2, 0) is 0 Å². The highest BCUT2D eigenvalue weighted by Gasteiger charge is 2.33. The first-order chi connectivity index (χ1) is 12.0. The van der Waals surface area contributed by atoms with Gasteiger partial charge in [0.05, 0.1) is 37.4 Å². The predicted octanol–water partition coefficient (Wildman–Crippen LogP) is 2.38. The standard InChI is InChI=1S/C17H24N2O6/c1-3-4-8-25-16-9-13(14(19(22)23)10-15(16)24-2)17(21)18-7-5-6-12(18)11-20/h9-10,12,20H,3-8,11H2,1-2H3/t12-/m0/s1. The van der Waals surface area contributed by atoms with Crippen LogP contribution in [0.25, 0.3) is 0 Å². The van der Waals surface area contributed by atoms with Crippen LogP contribution in [0, 0.1) is 10.1 Å². The van der Waals surface area contributed by atoms with Crippen LogP contribution in [-0.4, -0.2) is 53.7 Å². The molecule has 8 nitrogen and oxygen atoms in total. The van der Waals surface area contributed by atoms with Gasteiger partial charge < -0.3 is 19.5 Å². The normalized spacial score (nSPS) is 16.8. The van der Waals surface area contributed by atoms with Crippen LogP contribution in [0.3, 0.4) is 0 Å². The van der Waals surface area contributed by atoms with E-state index in [0.29, 0.717) is 25.3 Å². The molecule has 1 atom stereocenters. The second-order valence-electron chi connectivity index (χ2n) is 5.96. The van der Waals surface area contributed by atoms with Crippen molar-refractivity contribution in [1.82, 2.24) is 4.90 Å². The Labute approximate surface area is 146 Å². The van der Waals surface area contributed by atoms with Gasteiger partial charge in [-0.1, -0.05) is 13.3 Å². The van der Waals surface area contributed by atoms with E-state index < -0.39 is 10.8 Å². The third-order valence-electron chi connectivity index (χ3n) is 4.31. The zero-order valence-corrected chi connectivity index (χ0v) is 14.6. The van der Waals surface area contributed by atoms with Crippen molar-refractivity contribution in [3.05, 3.63) is 27.8 Å². The van der Waals surface area contributed by atoms with Crippen LogP contribution in [0.5, 0.6) is 11.5 Å². The Morgan fingerprint density at radius 2 is 2.20 bits per heavy atom. The van der Waals surface area contributed by atoms with Gasteiger partial charge in [-0.05, 0) is 19.3 Å². The van der Waals surface area contributed by atoms with Gasteiger partial charge >= 0.3 is 0 Å². The number of aliphatic hydroxyl groups excluding tert-OH is 1. The predicted molar refractivity (Wildman–Crippen MR) is 91.2 cm³/mol. The van der Waals surface area contributed by atoms with Crippen molar-refractivity contribution >= 4 is 11.6 Å². The van der Waals surface area contributed by atoms with Gasteiger partial charge in [-0.3, -0.25) is 14.9 Å². The Morgan fingerprint density at radius 1 is 1.44 bits per heavy atom. The Morgan fingerprint density at radius 3 is 2.80 bits per heavy atom. The highest BCUT2D eigenvalue weighted by molar-refractivity contribution is 5.99. The molecule has 1 aliphatic heterocycles. The van der Waals surface area contributed by atoms with Crippen LogP contribution in [0.1, 0.15) is 43.0 Å². The van der Waals surface area contributed by atoms with Crippen LogP contribution in [0.15, 0.2) is 12.1 Å². The van der Waals surface area contributed by atoms with E-state index in [-0.39, 0.29) is 29.6 Å². The summed E-state index contributed by atoms with van der Waals surface area (Å²) in [7, 11) is 1.40. The fraction of sp³-hybridized carbons (Fsp3) is 0.588. The maximum Gasteiger partial charge on any atom is 0.286 e. The molecule has 0 unspecified atom stereocenters. The largest absolute Gasteiger partial charge is 0.493 e. The van der Waals surface area contributed by atoms with Crippen molar-refractivity contribution in [3.8, 4) is 11.5 Å². The van der Waals surface area contributed by atoms with Gasteiger partial charge in [0, 0.05) is 12.6 Å². The molecule has 1 amide bonds. The third kappa shape index (κ3) is 4.19. The van der Waals surface area contributed by atoms with Crippen molar-refractivity contribution in [2.45, 2.75) is 38.6 Å². The first-order valence-electron chi connectivity index (χ1n) is 8.44. The molecule has 0 saturated carbocycles. The van der Waals surface area contributed by atoms with E-state index in [9.17, 15) is 20.0 Å². The number of hydrogen-bond donors (Lipinski definition) is 1. The molecule has 2 rings (SSSR count). The first kappa shape index (κ1) is 19.0. The summed E-state index contributed by atoms with van der Waals surface area (Å²) in [5.41, 5.74) is -0.370. The summed E-state index contributed by atoms with van der Waals surface area (Å²) < 4.78 is 10.8. The lowest BCUT2D eigenvalue weighted by molar-refractivity contribution is -0.385. The lowest BCUT2D eigenvalue weighted by Crippen LogP contribution is -2.37. The number of rotatable bonds is 8.